The van der Waals surface area contributed by atoms with E-state index in [0.29, 0.717) is 5.69 Å². The fourth-order valence-electron chi connectivity index (χ4n) is 2.61. The van der Waals surface area contributed by atoms with Crippen LogP contribution in [0.4, 0.5) is 11.4 Å². The van der Waals surface area contributed by atoms with Gasteiger partial charge in [-0.05, 0) is 38.8 Å². The summed E-state index contributed by atoms with van der Waals surface area (Å²) in [6.07, 6.45) is 2.04. The zero-order chi connectivity index (χ0) is 14.2. The molecule has 0 bridgehead atoms. The molecule has 19 heavy (non-hydrogen) atoms. The number of rotatable bonds is 3. The molecule has 2 rings (SSSR count). The molecular formula is C13H16N2O4. The molecule has 0 spiro atoms. The number of nitro benzene ring substituents is 1. The van der Waals surface area contributed by atoms with Gasteiger partial charge in [0.2, 0.25) is 0 Å². The summed E-state index contributed by atoms with van der Waals surface area (Å²) in [6, 6.07) is 4.31. The van der Waals surface area contributed by atoms with E-state index in [0.717, 1.165) is 19.4 Å². The molecule has 1 aromatic carbocycles. The number of anilines is 1. The Morgan fingerprint density at radius 3 is 2.63 bits per heavy atom. The maximum atomic E-state index is 11.0. The molecule has 0 aromatic heterocycles. The van der Waals surface area contributed by atoms with Crippen LogP contribution in [0.2, 0.25) is 0 Å². The van der Waals surface area contributed by atoms with Gasteiger partial charge < -0.3 is 10.0 Å². The minimum atomic E-state index is -1.28. The van der Waals surface area contributed by atoms with Gasteiger partial charge in [0.25, 0.3) is 5.69 Å². The number of carbonyl (C=O) groups is 1. The molecule has 102 valence electrons. The quantitative estimate of drug-likeness (QED) is 0.670. The zero-order valence-corrected chi connectivity index (χ0v) is 10.9. The summed E-state index contributed by atoms with van der Waals surface area (Å²) in [5, 5.41) is 19.9. The van der Waals surface area contributed by atoms with Crippen LogP contribution in [-0.4, -0.2) is 28.1 Å². The smallest absolute Gasteiger partial charge is 0.342 e. The summed E-state index contributed by atoms with van der Waals surface area (Å²) in [5.74, 6) is -1.28. The van der Waals surface area contributed by atoms with E-state index in [4.69, 9.17) is 5.11 Å². The second-order valence-electron chi connectivity index (χ2n) is 5.33. The first-order valence-electron chi connectivity index (χ1n) is 6.12. The third-order valence-electron chi connectivity index (χ3n) is 3.62. The lowest BCUT2D eigenvalue weighted by atomic mass is 10.0. The molecule has 0 saturated carbocycles. The summed E-state index contributed by atoms with van der Waals surface area (Å²) >= 11 is 0. The Hall–Kier alpha value is -2.11. The van der Waals surface area contributed by atoms with E-state index in [1.54, 1.807) is 6.07 Å². The van der Waals surface area contributed by atoms with Crippen LogP contribution in [0.1, 0.15) is 37.0 Å². The maximum absolute atomic E-state index is 11.0. The van der Waals surface area contributed by atoms with Crippen LogP contribution in [0, 0.1) is 10.1 Å². The first-order valence-corrected chi connectivity index (χ1v) is 6.12. The second kappa shape index (κ2) is 4.53. The van der Waals surface area contributed by atoms with Crippen LogP contribution in [0.25, 0.3) is 0 Å². The zero-order valence-electron chi connectivity index (χ0n) is 10.9. The van der Waals surface area contributed by atoms with Gasteiger partial charge in [0.1, 0.15) is 5.56 Å². The van der Waals surface area contributed by atoms with Crippen LogP contribution in [0.3, 0.4) is 0 Å². The van der Waals surface area contributed by atoms with Crippen molar-refractivity contribution in [3.05, 3.63) is 33.9 Å². The van der Waals surface area contributed by atoms with Gasteiger partial charge in [-0.3, -0.25) is 10.1 Å². The van der Waals surface area contributed by atoms with E-state index in [9.17, 15) is 14.9 Å². The molecule has 6 nitrogen and oxygen atoms in total. The maximum Gasteiger partial charge on any atom is 0.342 e. The molecule has 0 aliphatic carbocycles. The highest BCUT2D eigenvalue weighted by Crippen LogP contribution is 2.35. The Balaban J connectivity index is 2.47. The standard InChI is InChI=1S/C13H16N2O4/c1-13(2)6-3-7-14(13)9-4-5-10(12(16)17)11(8-9)15(18)19/h4-5,8H,3,6-7H2,1-2H3,(H,16,17). The first kappa shape index (κ1) is 13.3. The summed E-state index contributed by atoms with van der Waals surface area (Å²) in [6.45, 7) is 4.99. The average Bonchev–Trinajstić information content (AvgIpc) is 2.68. The predicted octanol–water partition coefficient (Wildman–Crippen LogP) is 2.67. The van der Waals surface area contributed by atoms with E-state index in [2.05, 4.69) is 18.7 Å². The summed E-state index contributed by atoms with van der Waals surface area (Å²) in [7, 11) is 0. The van der Waals surface area contributed by atoms with Crippen LogP contribution in [-0.2, 0) is 0 Å². The highest BCUT2D eigenvalue weighted by Gasteiger charge is 2.33. The molecule has 1 N–H and O–H groups in total. The van der Waals surface area contributed by atoms with E-state index >= 15 is 0 Å². The number of hydrogen-bond donors (Lipinski definition) is 1. The van der Waals surface area contributed by atoms with Crippen molar-refractivity contribution in [1.82, 2.24) is 0 Å². The van der Waals surface area contributed by atoms with Crippen LogP contribution in [0.5, 0.6) is 0 Å². The Bertz CT molecular complexity index is 539. The Labute approximate surface area is 110 Å². The summed E-state index contributed by atoms with van der Waals surface area (Å²) < 4.78 is 0. The van der Waals surface area contributed by atoms with E-state index in [1.807, 2.05) is 0 Å². The van der Waals surface area contributed by atoms with Gasteiger partial charge in [0.05, 0.1) is 4.92 Å². The lowest BCUT2D eigenvalue weighted by Gasteiger charge is -2.33. The molecule has 0 amide bonds. The van der Waals surface area contributed by atoms with Gasteiger partial charge >= 0.3 is 5.97 Å². The summed E-state index contributed by atoms with van der Waals surface area (Å²) in [4.78, 5) is 23.4. The third-order valence-corrected chi connectivity index (χ3v) is 3.62. The van der Waals surface area contributed by atoms with Crippen molar-refractivity contribution in [2.24, 2.45) is 0 Å². The minimum absolute atomic E-state index is 0.0569. The van der Waals surface area contributed by atoms with Gasteiger partial charge in [0.15, 0.2) is 0 Å². The van der Waals surface area contributed by atoms with Crippen molar-refractivity contribution >= 4 is 17.3 Å². The van der Waals surface area contributed by atoms with Gasteiger partial charge in [0, 0.05) is 23.8 Å². The van der Waals surface area contributed by atoms with Crippen LogP contribution < -0.4 is 4.90 Å². The van der Waals surface area contributed by atoms with Crippen molar-refractivity contribution in [3.63, 3.8) is 0 Å². The number of carboxylic acid groups (broad SMARTS) is 1. The van der Waals surface area contributed by atoms with Crippen molar-refractivity contribution in [3.8, 4) is 0 Å². The highest BCUT2D eigenvalue weighted by atomic mass is 16.6. The number of benzene rings is 1. The molecule has 1 heterocycles. The van der Waals surface area contributed by atoms with E-state index in [-0.39, 0.29) is 16.8 Å². The predicted molar refractivity (Wildman–Crippen MR) is 70.7 cm³/mol. The SMILES string of the molecule is CC1(C)CCCN1c1ccc(C(=O)O)c([N+](=O)[O-])c1. The molecule has 1 saturated heterocycles. The third kappa shape index (κ3) is 2.38. The number of nitrogens with zero attached hydrogens (tertiary/aromatic N) is 2. The van der Waals surface area contributed by atoms with Crippen molar-refractivity contribution in [2.45, 2.75) is 32.2 Å². The van der Waals surface area contributed by atoms with Crippen molar-refractivity contribution in [1.29, 1.82) is 0 Å². The largest absolute Gasteiger partial charge is 0.477 e. The number of aromatic carboxylic acids is 1. The summed E-state index contributed by atoms with van der Waals surface area (Å²) in [5.41, 5.74) is 0.0242. The van der Waals surface area contributed by atoms with Gasteiger partial charge in [-0.1, -0.05) is 0 Å². The van der Waals surface area contributed by atoms with E-state index < -0.39 is 10.9 Å². The van der Waals surface area contributed by atoms with Crippen molar-refractivity contribution in [2.75, 3.05) is 11.4 Å². The average molecular weight is 264 g/mol. The van der Waals surface area contributed by atoms with E-state index in [1.165, 1.54) is 12.1 Å². The molecule has 1 fully saturated rings. The number of hydrogen-bond acceptors (Lipinski definition) is 4. The number of carboxylic acids is 1. The van der Waals surface area contributed by atoms with Gasteiger partial charge in [-0.15, -0.1) is 0 Å². The Morgan fingerprint density at radius 1 is 1.47 bits per heavy atom. The monoisotopic (exact) mass is 264 g/mol. The van der Waals surface area contributed by atoms with Gasteiger partial charge in [-0.25, -0.2) is 4.79 Å². The second-order valence-corrected chi connectivity index (χ2v) is 5.33. The highest BCUT2D eigenvalue weighted by molar-refractivity contribution is 5.93. The molecule has 1 aliphatic rings. The minimum Gasteiger partial charge on any atom is -0.477 e. The molecule has 6 heteroatoms. The first-order chi connectivity index (χ1) is 8.83. The van der Waals surface area contributed by atoms with Crippen LogP contribution in [0.15, 0.2) is 18.2 Å². The lowest BCUT2D eigenvalue weighted by Crippen LogP contribution is -2.38. The lowest BCUT2D eigenvalue weighted by molar-refractivity contribution is -0.385. The van der Waals surface area contributed by atoms with Crippen molar-refractivity contribution < 1.29 is 14.8 Å². The Morgan fingerprint density at radius 2 is 2.16 bits per heavy atom. The molecule has 0 unspecified atom stereocenters. The number of nitro groups is 1. The molecule has 1 aliphatic heterocycles. The fraction of sp³-hybridized carbons (Fsp3) is 0.462. The topological polar surface area (TPSA) is 83.7 Å². The molecule has 0 radical (unpaired) electrons. The van der Waals surface area contributed by atoms with Gasteiger partial charge in [-0.2, -0.15) is 0 Å². The molecule has 0 atom stereocenters. The molecular weight excluding hydrogens is 248 g/mol. The Kier molecular flexibility index (Phi) is 3.18. The normalized spacial score (nSPS) is 17.5. The molecule has 1 aromatic rings. The van der Waals surface area contributed by atoms with Crippen LogP contribution >= 0.6 is 0 Å². The fourth-order valence-corrected chi connectivity index (χ4v) is 2.61.